The van der Waals surface area contributed by atoms with Gasteiger partial charge in [0.15, 0.2) is 11.9 Å². The second-order valence-corrected chi connectivity index (χ2v) is 3.11. The summed E-state index contributed by atoms with van der Waals surface area (Å²) >= 11 is 0. The molecule has 1 rings (SSSR count). The molecule has 0 atom stereocenters. The van der Waals surface area contributed by atoms with Crippen LogP contribution in [-0.4, -0.2) is 0 Å². The summed E-state index contributed by atoms with van der Waals surface area (Å²) < 4.78 is 2.21. The first-order valence-corrected chi connectivity index (χ1v) is 4.11. The van der Waals surface area contributed by atoms with E-state index in [4.69, 9.17) is 0 Å². The summed E-state index contributed by atoms with van der Waals surface area (Å²) in [7, 11) is 2.11. The number of aromatic nitrogens is 1. The molecule has 0 aliphatic carbocycles. The second-order valence-electron chi connectivity index (χ2n) is 3.11. The van der Waals surface area contributed by atoms with Gasteiger partial charge in [0.25, 0.3) is 0 Å². The maximum atomic E-state index is 2.23. The number of hydrogen-bond donors (Lipinski definition) is 0. The zero-order valence-corrected chi connectivity index (χ0v) is 7.81. The maximum Gasteiger partial charge on any atom is 0.183 e. The van der Waals surface area contributed by atoms with Crippen molar-refractivity contribution in [3.05, 3.63) is 29.1 Å². The molecule has 0 fully saturated rings. The van der Waals surface area contributed by atoms with E-state index in [1.165, 1.54) is 16.8 Å². The van der Waals surface area contributed by atoms with Crippen molar-refractivity contribution in [3.63, 3.8) is 0 Å². The van der Waals surface area contributed by atoms with E-state index in [1.54, 1.807) is 0 Å². The lowest BCUT2D eigenvalue weighted by Gasteiger charge is -2.01. The molecule has 1 nitrogen and oxygen atoms in total. The van der Waals surface area contributed by atoms with Crippen molar-refractivity contribution in [2.24, 2.45) is 7.05 Å². The van der Waals surface area contributed by atoms with E-state index >= 15 is 0 Å². The van der Waals surface area contributed by atoms with Crippen LogP contribution in [0.1, 0.15) is 23.7 Å². The smallest absolute Gasteiger partial charge is 0.183 e. The average molecular weight is 150 g/mol. The van der Waals surface area contributed by atoms with Gasteiger partial charge in [-0.05, 0) is 19.9 Å². The molecule has 0 spiro atoms. The predicted molar refractivity (Wildman–Crippen MR) is 46.5 cm³/mol. The zero-order valence-electron chi connectivity index (χ0n) is 7.81. The fourth-order valence-electron chi connectivity index (χ4n) is 1.65. The molecule has 1 aromatic rings. The molecule has 11 heavy (non-hydrogen) atoms. The SMILES string of the molecule is CCc1c(C)cc(C)c[n+]1C. The molecule has 1 heterocycles. The first kappa shape index (κ1) is 8.25. The molecule has 0 saturated heterocycles. The molecule has 0 bridgehead atoms. The van der Waals surface area contributed by atoms with Gasteiger partial charge in [-0.15, -0.1) is 0 Å². The van der Waals surface area contributed by atoms with Crippen LogP contribution in [0.3, 0.4) is 0 Å². The third-order valence-electron chi connectivity index (χ3n) is 2.06. The van der Waals surface area contributed by atoms with Crippen LogP contribution in [0.25, 0.3) is 0 Å². The monoisotopic (exact) mass is 150 g/mol. The van der Waals surface area contributed by atoms with Crippen LogP contribution in [0.2, 0.25) is 0 Å². The highest BCUT2D eigenvalue weighted by molar-refractivity contribution is 5.18. The highest BCUT2D eigenvalue weighted by Gasteiger charge is 2.07. The fraction of sp³-hybridized carbons (Fsp3) is 0.500. The molecule has 0 unspecified atom stereocenters. The van der Waals surface area contributed by atoms with Crippen LogP contribution in [-0.2, 0) is 13.5 Å². The largest absolute Gasteiger partial charge is 0.205 e. The first-order chi connectivity index (χ1) is 5.15. The topological polar surface area (TPSA) is 3.88 Å². The minimum absolute atomic E-state index is 1.11. The molecular weight excluding hydrogens is 134 g/mol. The van der Waals surface area contributed by atoms with Gasteiger partial charge < -0.3 is 0 Å². The normalized spacial score (nSPS) is 10.2. The molecule has 0 aliphatic rings. The van der Waals surface area contributed by atoms with Crippen molar-refractivity contribution >= 4 is 0 Å². The number of rotatable bonds is 1. The molecule has 0 amide bonds. The summed E-state index contributed by atoms with van der Waals surface area (Å²) in [6.07, 6.45) is 3.29. The molecule has 0 N–H and O–H groups in total. The lowest BCUT2D eigenvalue weighted by molar-refractivity contribution is -0.679. The van der Waals surface area contributed by atoms with Crippen LogP contribution < -0.4 is 4.57 Å². The van der Waals surface area contributed by atoms with Gasteiger partial charge in [0.1, 0.15) is 7.05 Å². The van der Waals surface area contributed by atoms with Crippen molar-refractivity contribution in [2.45, 2.75) is 27.2 Å². The number of aryl methyl sites for hydroxylation is 3. The molecule has 0 aromatic carbocycles. The molecule has 60 valence electrons. The summed E-state index contributed by atoms with van der Waals surface area (Å²) in [5, 5.41) is 0. The van der Waals surface area contributed by atoms with Gasteiger partial charge in [0.05, 0.1) is 0 Å². The Morgan fingerprint density at radius 3 is 2.45 bits per heavy atom. The summed E-state index contributed by atoms with van der Waals surface area (Å²) in [5.41, 5.74) is 4.16. The Hall–Kier alpha value is -0.850. The highest BCUT2D eigenvalue weighted by Crippen LogP contribution is 2.04. The van der Waals surface area contributed by atoms with Crippen molar-refractivity contribution < 1.29 is 4.57 Å². The van der Waals surface area contributed by atoms with E-state index in [-0.39, 0.29) is 0 Å². The third-order valence-corrected chi connectivity index (χ3v) is 2.06. The lowest BCUT2D eigenvalue weighted by atomic mass is 10.1. The highest BCUT2D eigenvalue weighted by atomic mass is 14.9. The van der Waals surface area contributed by atoms with Crippen LogP contribution in [0.5, 0.6) is 0 Å². The Kier molecular flexibility index (Phi) is 2.28. The number of nitrogens with zero attached hydrogens (tertiary/aromatic N) is 1. The number of hydrogen-bond acceptors (Lipinski definition) is 0. The van der Waals surface area contributed by atoms with Gasteiger partial charge in [-0.1, -0.05) is 6.92 Å². The molecule has 1 aromatic heterocycles. The fourth-order valence-corrected chi connectivity index (χ4v) is 1.65. The Balaban J connectivity index is 3.25. The van der Waals surface area contributed by atoms with E-state index in [0.29, 0.717) is 0 Å². The van der Waals surface area contributed by atoms with E-state index < -0.39 is 0 Å². The van der Waals surface area contributed by atoms with Crippen LogP contribution in [0, 0.1) is 13.8 Å². The quantitative estimate of drug-likeness (QED) is 0.536. The van der Waals surface area contributed by atoms with E-state index in [1.807, 2.05) is 0 Å². The predicted octanol–water partition coefficient (Wildman–Crippen LogP) is 1.69. The maximum absolute atomic E-state index is 2.23. The van der Waals surface area contributed by atoms with E-state index in [9.17, 15) is 0 Å². The molecular formula is C10H16N+. The van der Waals surface area contributed by atoms with Gasteiger partial charge >= 0.3 is 0 Å². The third kappa shape index (κ3) is 1.59. The molecule has 0 saturated carbocycles. The minimum atomic E-state index is 1.11. The van der Waals surface area contributed by atoms with Gasteiger partial charge in [-0.2, -0.15) is 0 Å². The standard InChI is InChI=1S/C10H16N/c1-5-10-9(3)6-8(2)7-11(10)4/h6-7H,5H2,1-4H3/q+1. The van der Waals surface area contributed by atoms with Crippen molar-refractivity contribution in [2.75, 3.05) is 0 Å². The van der Waals surface area contributed by atoms with Crippen LogP contribution >= 0.6 is 0 Å². The van der Waals surface area contributed by atoms with Crippen molar-refractivity contribution in [1.82, 2.24) is 0 Å². The van der Waals surface area contributed by atoms with Gasteiger partial charge in [-0.3, -0.25) is 0 Å². The van der Waals surface area contributed by atoms with Gasteiger partial charge in [0.2, 0.25) is 0 Å². The summed E-state index contributed by atoms with van der Waals surface area (Å²) in [5.74, 6) is 0. The van der Waals surface area contributed by atoms with Crippen molar-refractivity contribution in [3.8, 4) is 0 Å². The summed E-state index contributed by atoms with van der Waals surface area (Å²) in [6, 6.07) is 2.23. The van der Waals surface area contributed by atoms with Crippen LogP contribution in [0.15, 0.2) is 12.3 Å². The number of pyridine rings is 1. The van der Waals surface area contributed by atoms with Crippen molar-refractivity contribution in [1.29, 1.82) is 0 Å². The van der Waals surface area contributed by atoms with E-state index in [2.05, 4.69) is 44.6 Å². The summed E-state index contributed by atoms with van der Waals surface area (Å²) in [4.78, 5) is 0. The average Bonchev–Trinajstić information content (AvgIpc) is 1.85. The van der Waals surface area contributed by atoms with Gasteiger partial charge in [0, 0.05) is 17.5 Å². The molecule has 0 radical (unpaired) electrons. The zero-order chi connectivity index (χ0) is 8.43. The minimum Gasteiger partial charge on any atom is -0.205 e. The van der Waals surface area contributed by atoms with E-state index in [0.717, 1.165) is 6.42 Å². The van der Waals surface area contributed by atoms with Crippen LogP contribution in [0.4, 0.5) is 0 Å². The summed E-state index contributed by atoms with van der Waals surface area (Å²) in [6.45, 7) is 6.50. The molecule has 1 heteroatoms. The first-order valence-electron chi connectivity index (χ1n) is 4.11. The Labute approximate surface area is 68.7 Å². The Morgan fingerprint density at radius 2 is 2.00 bits per heavy atom. The molecule has 0 aliphatic heterocycles. The lowest BCUT2D eigenvalue weighted by Crippen LogP contribution is -2.34. The second kappa shape index (κ2) is 3.04. The Bertz CT molecular complexity index is 241. The Morgan fingerprint density at radius 1 is 1.36 bits per heavy atom. The van der Waals surface area contributed by atoms with Gasteiger partial charge in [-0.25, -0.2) is 4.57 Å².